The van der Waals surface area contributed by atoms with Crippen LogP contribution in [0, 0.1) is 0 Å². The summed E-state index contributed by atoms with van der Waals surface area (Å²) in [6.07, 6.45) is 0. The lowest BCUT2D eigenvalue weighted by molar-refractivity contribution is 0.769. The highest BCUT2D eigenvalue weighted by Crippen LogP contribution is 2.58. The summed E-state index contributed by atoms with van der Waals surface area (Å²) in [6, 6.07) is 68.8. The zero-order valence-corrected chi connectivity index (χ0v) is 25.3. The van der Waals surface area contributed by atoms with Gasteiger partial charge in [-0.2, -0.15) is 0 Å². The van der Waals surface area contributed by atoms with Crippen LogP contribution in [-0.2, 0) is 5.41 Å². The first kappa shape index (κ1) is 26.5. The number of rotatable bonds is 5. The van der Waals surface area contributed by atoms with Crippen LogP contribution in [0.4, 0.5) is 17.1 Å². The van der Waals surface area contributed by atoms with Gasteiger partial charge < -0.3 is 4.90 Å². The molecule has 0 bridgehead atoms. The van der Waals surface area contributed by atoms with E-state index in [0.717, 1.165) is 11.4 Å². The predicted molar refractivity (Wildman–Crippen MR) is 193 cm³/mol. The van der Waals surface area contributed by atoms with Gasteiger partial charge in [0.2, 0.25) is 0 Å². The molecular formula is C45H31N. The molecule has 1 aliphatic rings. The van der Waals surface area contributed by atoms with Crippen molar-refractivity contribution in [1.29, 1.82) is 0 Å². The maximum absolute atomic E-state index is 2.50. The van der Waals surface area contributed by atoms with Gasteiger partial charge in [-0.1, -0.05) is 146 Å². The van der Waals surface area contributed by atoms with Gasteiger partial charge in [-0.05, 0) is 92.0 Å². The van der Waals surface area contributed by atoms with Crippen LogP contribution in [0.15, 0.2) is 188 Å². The van der Waals surface area contributed by atoms with Crippen molar-refractivity contribution >= 4 is 38.6 Å². The highest BCUT2D eigenvalue weighted by Gasteiger charge is 2.46. The lowest BCUT2D eigenvalue weighted by Gasteiger charge is -2.34. The molecule has 0 atom stereocenters. The van der Waals surface area contributed by atoms with Crippen molar-refractivity contribution in [3.63, 3.8) is 0 Å². The topological polar surface area (TPSA) is 3.24 Å². The van der Waals surface area contributed by atoms with E-state index in [1.165, 1.54) is 60.6 Å². The summed E-state index contributed by atoms with van der Waals surface area (Å²) >= 11 is 0. The molecule has 1 nitrogen and oxygen atoms in total. The highest BCUT2D eigenvalue weighted by molar-refractivity contribution is 6.16. The van der Waals surface area contributed by atoms with Crippen molar-refractivity contribution in [3.05, 3.63) is 210 Å². The van der Waals surface area contributed by atoms with Crippen LogP contribution in [0.25, 0.3) is 32.7 Å². The van der Waals surface area contributed by atoms with Gasteiger partial charge in [0.15, 0.2) is 0 Å². The molecule has 0 aromatic heterocycles. The number of hydrogen-bond donors (Lipinski definition) is 0. The first-order valence-corrected chi connectivity index (χ1v) is 16.0. The molecule has 1 aliphatic carbocycles. The number of para-hydroxylation sites is 2. The summed E-state index contributed by atoms with van der Waals surface area (Å²) in [5, 5.41) is 4.98. The van der Waals surface area contributed by atoms with Crippen LogP contribution in [0.5, 0.6) is 0 Å². The Balaban J connectivity index is 1.45. The second-order valence-corrected chi connectivity index (χ2v) is 12.1. The normalized spacial score (nSPS) is 13.0. The van der Waals surface area contributed by atoms with E-state index in [1.54, 1.807) is 0 Å². The van der Waals surface area contributed by atoms with E-state index in [9.17, 15) is 0 Å². The number of hydrogen-bond acceptors (Lipinski definition) is 1. The van der Waals surface area contributed by atoms with Crippen molar-refractivity contribution in [2.45, 2.75) is 5.41 Å². The molecule has 0 N–H and O–H groups in total. The molecule has 8 aromatic rings. The van der Waals surface area contributed by atoms with Crippen molar-refractivity contribution in [2.24, 2.45) is 0 Å². The van der Waals surface area contributed by atoms with Gasteiger partial charge >= 0.3 is 0 Å². The van der Waals surface area contributed by atoms with Gasteiger partial charge in [-0.25, -0.2) is 0 Å². The fourth-order valence-corrected chi connectivity index (χ4v) is 7.78. The van der Waals surface area contributed by atoms with Crippen LogP contribution in [0.1, 0.15) is 22.3 Å². The Kier molecular flexibility index (Phi) is 6.11. The highest BCUT2D eigenvalue weighted by atomic mass is 15.1. The van der Waals surface area contributed by atoms with Crippen molar-refractivity contribution in [3.8, 4) is 11.1 Å². The van der Waals surface area contributed by atoms with E-state index >= 15 is 0 Å². The van der Waals surface area contributed by atoms with Gasteiger partial charge in [-0.15, -0.1) is 0 Å². The number of anilines is 3. The van der Waals surface area contributed by atoms with Crippen LogP contribution in [0.2, 0.25) is 0 Å². The molecule has 46 heavy (non-hydrogen) atoms. The van der Waals surface area contributed by atoms with E-state index in [1.807, 2.05) is 0 Å². The van der Waals surface area contributed by atoms with E-state index in [4.69, 9.17) is 0 Å². The van der Waals surface area contributed by atoms with Gasteiger partial charge in [0, 0.05) is 16.8 Å². The third kappa shape index (κ3) is 3.89. The third-order valence-electron chi connectivity index (χ3n) is 9.69. The molecule has 1 heteroatoms. The molecule has 0 amide bonds. The van der Waals surface area contributed by atoms with Crippen LogP contribution < -0.4 is 4.90 Å². The third-order valence-corrected chi connectivity index (χ3v) is 9.69. The zero-order chi connectivity index (χ0) is 30.5. The molecular weight excluding hydrogens is 555 g/mol. The summed E-state index contributed by atoms with van der Waals surface area (Å²) in [6.45, 7) is 0. The SMILES string of the molecule is c1ccc(N(c2ccccc2)c2cc3ccccc3c3cc4c(cc23)-c2ccccc2C4(c2ccccc2)c2ccccc2)cc1. The minimum atomic E-state index is -0.446. The minimum absolute atomic E-state index is 0.446. The van der Waals surface area contributed by atoms with E-state index in [0.29, 0.717) is 0 Å². The Morgan fingerprint density at radius 1 is 0.348 bits per heavy atom. The fourth-order valence-electron chi connectivity index (χ4n) is 7.78. The lowest BCUT2D eigenvalue weighted by Crippen LogP contribution is -2.28. The molecule has 0 radical (unpaired) electrons. The van der Waals surface area contributed by atoms with Crippen LogP contribution in [0.3, 0.4) is 0 Å². The van der Waals surface area contributed by atoms with Gasteiger partial charge in [0.25, 0.3) is 0 Å². The second-order valence-electron chi connectivity index (χ2n) is 12.1. The van der Waals surface area contributed by atoms with Gasteiger partial charge in [0.1, 0.15) is 0 Å². The van der Waals surface area contributed by atoms with Crippen molar-refractivity contribution in [1.82, 2.24) is 0 Å². The molecule has 216 valence electrons. The maximum Gasteiger partial charge on any atom is 0.0713 e. The molecule has 0 unspecified atom stereocenters. The standard InChI is InChI=1S/C45H31N/c1-5-18-33(19-6-1)45(34-20-7-2-8-21-34)42-28-16-15-27-38(42)40-30-41-39(31-43(40)45)37-26-14-13-17-32(37)29-44(41)46(35-22-9-3-10-23-35)36-24-11-4-12-25-36/h1-31H. The summed E-state index contributed by atoms with van der Waals surface area (Å²) < 4.78 is 0. The van der Waals surface area contributed by atoms with Crippen LogP contribution >= 0.6 is 0 Å². The minimum Gasteiger partial charge on any atom is -0.310 e. The van der Waals surface area contributed by atoms with E-state index in [2.05, 4.69) is 193 Å². The number of nitrogens with zero attached hydrogens (tertiary/aromatic N) is 1. The summed E-state index contributed by atoms with van der Waals surface area (Å²) in [4.78, 5) is 2.41. The van der Waals surface area contributed by atoms with Crippen molar-refractivity contribution < 1.29 is 0 Å². The quantitative estimate of drug-likeness (QED) is 0.182. The molecule has 8 aromatic carbocycles. The Morgan fingerprint density at radius 3 is 1.50 bits per heavy atom. The fraction of sp³-hybridized carbons (Fsp3) is 0.0222. The Bertz CT molecular complexity index is 2260. The average molecular weight is 586 g/mol. The maximum atomic E-state index is 2.50. The van der Waals surface area contributed by atoms with E-state index in [-0.39, 0.29) is 0 Å². The second kappa shape index (κ2) is 10.6. The molecule has 0 aliphatic heterocycles. The first-order chi connectivity index (χ1) is 22.8. The molecule has 0 saturated carbocycles. The number of fused-ring (bicyclic) bond motifs is 6. The predicted octanol–water partition coefficient (Wildman–Crippen LogP) is 11.8. The van der Waals surface area contributed by atoms with Crippen LogP contribution in [-0.4, -0.2) is 0 Å². The molecule has 0 spiro atoms. The first-order valence-electron chi connectivity index (χ1n) is 16.0. The smallest absolute Gasteiger partial charge is 0.0713 e. The zero-order valence-electron chi connectivity index (χ0n) is 25.3. The Labute approximate surface area is 269 Å². The molecule has 0 heterocycles. The molecule has 0 saturated heterocycles. The number of benzene rings is 8. The van der Waals surface area contributed by atoms with Gasteiger partial charge in [0.05, 0.1) is 11.1 Å². The Morgan fingerprint density at radius 2 is 0.870 bits per heavy atom. The molecule has 0 fully saturated rings. The largest absolute Gasteiger partial charge is 0.310 e. The van der Waals surface area contributed by atoms with Crippen molar-refractivity contribution in [2.75, 3.05) is 4.90 Å². The average Bonchev–Trinajstić information content (AvgIpc) is 3.43. The van der Waals surface area contributed by atoms with Gasteiger partial charge in [-0.3, -0.25) is 0 Å². The van der Waals surface area contributed by atoms with E-state index < -0.39 is 5.41 Å². The summed E-state index contributed by atoms with van der Waals surface area (Å²) in [5.74, 6) is 0. The molecule has 9 rings (SSSR count). The summed E-state index contributed by atoms with van der Waals surface area (Å²) in [7, 11) is 0. The monoisotopic (exact) mass is 585 g/mol. The Hall–Kier alpha value is -5.92. The summed E-state index contributed by atoms with van der Waals surface area (Å²) in [5.41, 5.74) is 10.8. The lowest BCUT2D eigenvalue weighted by atomic mass is 9.67.